The Bertz CT molecular complexity index is 1280. The summed E-state index contributed by atoms with van der Waals surface area (Å²) in [7, 11) is -0.713. The number of pyridine rings is 1. The maximum atomic E-state index is 13.5. The quantitative estimate of drug-likeness (QED) is 0.495. The maximum absolute atomic E-state index is 13.5. The molecule has 2 heterocycles. The molecule has 184 valence electrons. The van der Waals surface area contributed by atoms with Gasteiger partial charge in [0.2, 0.25) is 0 Å². The fraction of sp³-hybridized carbons (Fsp3) is 0.280. The van der Waals surface area contributed by atoms with Crippen LogP contribution in [0, 0.1) is 0 Å². The van der Waals surface area contributed by atoms with Crippen molar-refractivity contribution in [3.8, 4) is 5.75 Å². The average molecular weight is 496 g/mol. The summed E-state index contributed by atoms with van der Waals surface area (Å²) in [6.07, 6.45) is 1.45. The number of sulfonamides is 1. The normalized spacial score (nSPS) is 13.8. The first-order valence-corrected chi connectivity index (χ1v) is 12.8. The third-order valence-electron chi connectivity index (χ3n) is 5.73. The first-order valence-electron chi connectivity index (χ1n) is 11.3. The van der Waals surface area contributed by atoms with Crippen LogP contribution in [0.4, 0.5) is 11.5 Å². The second-order valence-corrected chi connectivity index (χ2v) is 9.95. The molecule has 0 spiro atoms. The van der Waals surface area contributed by atoms with Crippen LogP contribution in [0.2, 0.25) is 0 Å². The summed E-state index contributed by atoms with van der Waals surface area (Å²) in [5, 5.41) is 3.29. The fourth-order valence-corrected chi connectivity index (χ4v) is 4.99. The molecule has 0 atom stereocenters. The van der Waals surface area contributed by atoms with E-state index in [-0.39, 0.29) is 16.5 Å². The van der Waals surface area contributed by atoms with Crippen molar-refractivity contribution >= 4 is 27.4 Å². The number of hydrogen-bond donors (Lipinski definition) is 2. The highest BCUT2D eigenvalue weighted by atomic mass is 32.2. The van der Waals surface area contributed by atoms with Crippen molar-refractivity contribution in [3.05, 3.63) is 78.0 Å². The van der Waals surface area contributed by atoms with E-state index in [0.717, 1.165) is 18.7 Å². The fourth-order valence-electron chi connectivity index (χ4n) is 3.92. The van der Waals surface area contributed by atoms with Gasteiger partial charge < -0.3 is 19.9 Å². The smallest absolute Gasteiger partial charge is 0.262 e. The van der Waals surface area contributed by atoms with E-state index in [9.17, 15) is 13.2 Å². The summed E-state index contributed by atoms with van der Waals surface area (Å²) in [5.41, 5.74) is 1.55. The first kappa shape index (κ1) is 24.5. The van der Waals surface area contributed by atoms with Gasteiger partial charge in [-0.1, -0.05) is 36.4 Å². The lowest BCUT2D eigenvalue weighted by Crippen LogP contribution is -2.44. The molecule has 1 fully saturated rings. The highest BCUT2D eigenvalue weighted by Crippen LogP contribution is 2.26. The Morgan fingerprint density at radius 3 is 2.57 bits per heavy atom. The van der Waals surface area contributed by atoms with Gasteiger partial charge in [0, 0.05) is 45.8 Å². The lowest BCUT2D eigenvalue weighted by Gasteiger charge is -2.30. The van der Waals surface area contributed by atoms with Gasteiger partial charge in [0.15, 0.2) is 0 Å². The van der Waals surface area contributed by atoms with Crippen molar-refractivity contribution in [2.45, 2.75) is 11.4 Å². The van der Waals surface area contributed by atoms with Crippen LogP contribution in [0.5, 0.6) is 5.75 Å². The zero-order valence-electron chi connectivity index (χ0n) is 19.8. The lowest BCUT2D eigenvalue weighted by molar-refractivity contribution is 0.0785. The SMILES string of the molecule is COc1cccc(S(=O)(=O)Nc2cnc(N3CCNCC3)c(C(=O)N(C)Cc3ccccc3)c2)c1. The van der Waals surface area contributed by atoms with Gasteiger partial charge in [-0.15, -0.1) is 0 Å². The second kappa shape index (κ2) is 10.7. The number of benzene rings is 2. The molecule has 3 aromatic rings. The molecule has 0 unspecified atom stereocenters. The Balaban J connectivity index is 1.65. The van der Waals surface area contributed by atoms with Crippen LogP contribution in [-0.4, -0.2) is 64.5 Å². The van der Waals surface area contributed by atoms with Crippen LogP contribution in [0.25, 0.3) is 0 Å². The predicted octanol–water partition coefficient (Wildman–Crippen LogP) is 2.57. The van der Waals surface area contributed by atoms with E-state index < -0.39 is 10.0 Å². The largest absolute Gasteiger partial charge is 0.497 e. The highest BCUT2D eigenvalue weighted by Gasteiger charge is 2.24. The Kier molecular flexibility index (Phi) is 7.52. The highest BCUT2D eigenvalue weighted by molar-refractivity contribution is 7.92. The van der Waals surface area contributed by atoms with E-state index in [1.165, 1.54) is 25.4 Å². The van der Waals surface area contributed by atoms with Crippen molar-refractivity contribution in [1.82, 2.24) is 15.2 Å². The number of carbonyl (C=O) groups excluding carboxylic acids is 1. The van der Waals surface area contributed by atoms with E-state index in [1.807, 2.05) is 35.2 Å². The monoisotopic (exact) mass is 495 g/mol. The number of amides is 1. The third-order valence-corrected chi connectivity index (χ3v) is 7.11. The topological polar surface area (TPSA) is 104 Å². The Morgan fingerprint density at radius 1 is 1.11 bits per heavy atom. The second-order valence-electron chi connectivity index (χ2n) is 8.26. The molecule has 4 rings (SSSR count). The molecule has 1 aromatic heterocycles. The molecule has 1 saturated heterocycles. The molecular weight excluding hydrogens is 466 g/mol. The molecule has 35 heavy (non-hydrogen) atoms. The minimum Gasteiger partial charge on any atom is -0.497 e. The first-order chi connectivity index (χ1) is 16.9. The van der Waals surface area contributed by atoms with Crippen molar-refractivity contribution in [1.29, 1.82) is 0 Å². The van der Waals surface area contributed by atoms with E-state index >= 15 is 0 Å². The molecule has 0 radical (unpaired) electrons. The number of methoxy groups -OCH3 is 1. The third kappa shape index (κ3) is 5.90. The Labute approximate surface area is 205 Å². The number of ether oxygens (including phenoxy) is 1. The van der Waals surface area contributed by atoms with E-state index in [4.69, 9.17) is 4.74 Å². The molecule has 2 aromatic carbocycles. The Hall–Kier alpha value is -3.63. The van der Waals surface area contributed by atoms with Gasteiger partial charge in [-0.05, 0) is 23.8 Å². The number of carbonyl (C=O) groups is 1. The number of rotatable bonds is 8. The van der Waals surface area contributed by atoms with Gasteiger partial charge in [0.05, 0.1) is 29.5 Å². The summed E-state index contributed by atoms with van der Waals surface area (Å²) in [6.45, 7) is 3.37. The zero-order valence-corrected chi connectivity index (χ0v) is 20.6. The molecular formula is C25H29N5O4S. The zero-order chi connectivity index (χ0) is 24.8. The van der Waals surface area contributed by atoms with Gasteiger partial charge in [-0.2, -0.15) is 0 Å². The van der Waals surface area contributed by atoms with Crippen molar-refractivity contribution in [3.63, 3.8) is 0 Å². The van der Waals surface area contributed by atoms with Gasteiger partial charge >= 0.3 is 0 Å². The number of nitrogens with zero attached hydrogens (tertiary/aromatic N) is 3. The number of aromatic nitrogens is 1. The minimum atomic E-state index is -3.91. The van der Waals surface area contributed by atoms with Crippen molar-refractivity contribution in [2.75, 3.05) is 50.0 Å². The standard InChI is InChI=1S/C25H29N5O4S/c1-29(18-19-7-4-3-5-8-19)25(31)23-15-20(17-27-24(23)30-13-11-26-12-14-30)28-35(32,33)22-10-6-9-21(16-22)34-2/h3-10,15-17,26,28H,11-14,18H2,1-2H3. The molecule has 1 amide bonds. The summed E-state index contributed by atoms with van der Waals surface area (Å²) in [6, 6.07) is 17.4. The van der Waals surface area contributed by atoms with Crippen molar-refractivity contribution in [2.24, 2.45) is 0 Å². The van der Waals surface area contributed by atoms with Crippen LogP contribution >= 0.6 is 0 Å². The van der Waals surface area contributed by atoms with Crippen LogP contribution in [0.1, 0.15) is 15.9 Å². The van der Waals surface area contributed by atoms with Gasteiger partial charge in [-0.3, -0.25) is 9.52 Å². The van der Waals surface area contributed by atoms with E-state index in [2.05, 4.69) is 15.0 Å². The predicted molar refractivity (Wildman–Crippen MR) is 135 cm³/mol. The van der Waals surface area contributed by atoms with Crippen molar-refractivity contribution < 1.29 is 17.9 Å². The minimum absolute atomic E-state index is 0.0529. The maximum Gasteiger partial charge on any atom is 0.262 e. The lowest BCUT2D eigenvalue weighted by atomic mass is 10.1. The molecule has 0 saturated carbocycles. The number of hydrogen-bond acceptors (Lipinski definition) is 7. The summed E-state index contributed by atoms with van der Waals surface area (Å²) >= 11 is 0. The molecule has 10 heteroatoms. The molecule has 2 N–H and O–H groups in total. The van der Waals surface area contributed by atoms with Gasteiger partial charge in [0.25, 0.3) is 15.9 Å². The van der Waals surface area contributed by atoms with E-state index in [0.29, 0.717) is 36.8 Å². The molecule has 9 nitrogen and oxygen atoms in total. The van der Waals surface area contributed by atoms with Crippen LogP contribution in [0.15, 0.2) is 71.8 Å². The summed E-state index contributed by atoms with van der Waals surface area (Å²) in [5.74, 6) is 0.733. The molecule has 1 aliphatic heterocycles. The number of piperazine rings is 1. The number of nitrogens with one attached hydrogen (secondary N) is 2. The Morgan fingerprint density at radius 2 is 1.86 bits per heavy atom. The summed E-state index contributed by atoms with van der Waals surface area (Å²) < 4.78 is 33.7. The van der Waals surface area contributed by atoms with Gasteiger partial charge in [-0.25, -0.2) is 13.4 Å². The van der Waals surface area contributed by atoms with E-state index in [1.54, 1.807) is 30.1 Å². The summed E-state index contributed by atoms with van der Waals surface area (Å²) in [4.78, 5) is 21.8. The van der Waals surface area contributed by atoms with Crippen LogP contribution in [0.3, 0.4) is 0 Å². The molecule has 1 aliphatic rings. The van der Waals surface area contributed by atoms with Gasteiger partial charge in [0.1, 0.15) is 11.6 Å². The van der Waals surface area contributed by atoms with Crippen LogP contribution in [-0.2, 0) is 16.6 Å². The average Bonchev–Trinajstić information content (AvgIpc) is 2.89. The number of anilines is 2. The molecule has 0 aliphatic carbocycles. The van der Waals surface area contributed by atoms with Crippen LogP contribution < -0.4 is 19.7 Å². The molecule has 0 bridgehead atoms.